The van der Waals surface area contributed by atoms with E-state index in [1.54, 1.807) is 42.9 Å². The van der Waals surface area contributed by atoms with E-state index in [0.717, 1.165) is 0 Å². The first-order valence-electron chi connectivity index (χ1n) is 8.63. The number of ether oxygens (including phenoxy) is 1. The van der Waals surface area contributed by atoms with Crippen molar-refractivity contribution >= 4 is 46.0 Å². The largest absolute Gasteiger partial charge is 0.482 e. The minimum Gasteiger partial charge on any atom is -0.482 e. The number of aromatic nitrogens is 1. The van der Waals surface area contributed by atoms with Crippen molar-refractivity contribution in [1.29, 1.82) is 0 Å². The molecule has 0 unspecified atom stereocenters. The molecule has 1 aromatic heterocycles. The third-order valence-corrected chi connectivity index (χ3v) is 5.10. The van der Waals surface area contributed by atoms with Crippen molar-refractivity contribution in [1.82, 2.24) is 9.88 Å². The number of hydrogen-bond acceptors (Lipinski definition) is 6. The molecule has 1 amide bonds. The Morgan fingerprint density at radius 2 is 2.10 bits per heavy atom. The molecule has 29 heavy (non-hydrogen) atoms. The van der Waals surface area contributed by atoms with E-state index in [4.69, 9.17) is 21.9 Å². The fourth-order valence-corrected chi connectivity index (χ4v) is 3.40. The van der Waals surface area contributed by atoms with E-state index in [1.807, 2.05) is 0 Å². The molecule has 1 aliphatic rings. The second-order valence-electron chi connectivity index (χ2n) is 6.63. The van der Waals surface area contributed by atoms with Crippen molar-refractivity contribution < 1.29 is 13.9 Å². The second-order valence-corrected chi connectivity index (χ2v) is 7.11. The topological polar surface area (TPSA) is 133 Å². The van der Waals surface area contributed by atoms with Crippen LogP contribution in [0.15, 0.2) is 39.4 Å². The Hall–Kier alpha value is -2.89. The van der Waals surface area contributed by atoms with E-state index < -0.39 is 11.9 Å². The van der Waals surface area contributed by atoms with Gasteiger partial charge in [-0.3, -0.25) is 4.79 Å². The summed E-state index contributed by atoms with van der Waals surface area (Å²) in [5.41, 5.74) is 20.3. The summed E-state index contributed by atoms with van der Waals surface area (Å²) in [6.07, 6.45) is 0.836. The predicted molar refractivity (Wildman–Crippen MR) is 118 cm³/mol. The summed E-state index contributed by atoms with van der Waals surface area (Å²) in [5, 5.41) is 0. The van der Waals surface area contributed by atoms with Gasteiger partial charge in [0.1, 0.15) is 17.8 Å². The number of rotatable bonds is 1. The average Bonchev–Trinajstić information content (AvgIpc) is 2.68. The fourth-order valence-electron chi connectivity index (χ4n) is 3.16. The minimum absolute atomic E-state index is 0.0762. The molecule has 6 N–H and O–H groups in total. The van der Waals surface area contributed by atoms with E-state index in [2.05, 4.69) is 8.19 Å². The third kappa shape index (κ3) is 4.11. The molecule has 1 aliphatic heterocycles. The van der Waals surface area contributed by atoms with Gasteiger partial charge in [-0.1, -0.05) is 0 Å². The number of nitrogens with two attached hydrogens (primary N) is 3. The number of fused-ring (bicyclic) bond motifs is 3. The van der Waals surface area contributed by atoms with E-state index in [9.17, 15) is 9.18 Å². The van der Waals surface area contributed by atoms with Gasteiger partial charge in [0, 0.05) is 41.2 Å². The maximum Gasteiger partial charge on any atom is 0.254 e. The van der Waals surface area contributed by atoms with E-state index in [-0.39, 0.29) is 29.9 Å². The van der Waals surface area contributed by atoms with Crippen LogP contribution in [0.5, 0.6) is 5.75 Å². The van der Waals surface area contributed by atoms with Gasteiger partial charge in [-0.15, -0.1) is 0 Å². The first-order chi connectivity index (χ1) is 13.7. The zero-order chi connectivity index (χ0) is 21.3. The number of anilines is 1. The van der Waals surface area contributed by atoms with Crippen LogP contribution >= 0.6 is 22.9 Å². The lowest BCUT2D eigenvalue weighted by Gasteiger charge is -2.25. The summed E-state index contributed by atoms with van der Waals surface area (Å²) in [6, 6.07) is 5.58. The molecule has 0 fully saturated rings. The van der Waals surface area contributed by atoms with Crippen molar-refractivity contribution in [2.75, 3.05) is 19.3 Å². The highest BCUT2D eigenvalue weighted by molar-refractivity contribution is 14.1. The summed E-state index contributed by atoms with van der Waals surface area (Å²) in [5.74, 6) is -0.235. The Labute approximate surface area is 181 Å². The van der Waals surface area contributed by atoms with Gasteiger partial charge < -0.3 is 26.8 Å². The molecule has 3 rings (SSSR count). The van der Waals surface area contributed by atoms with Crippen molar-refractivity contribution in [2.24, 2.45) is 14.7 Å². The Bertz CT molecular complexity index is 1040. The fraction of sp³-hybridized carbons (Fsp3) is 0.211. The summed E-state index contributed by atoms with van der Waals surface area (Å²) in [7, 11) is 1.60. The molecule has 0 radical (unpaired) electrons. The molecule has 0 saturated carbocycles. The highest BCUT2D eigenvalue weighted by Gasteiger charge is 2.25. The highest BCUT2D eigenvalue weighted by Crippen LogP contribution is 2.32. The molecule has 10 heteroatoms. The summed E-state index contributed by atoms with van der Waals surface area (Å²) >= 11 is 1.77. The molecule has 0 saturated heterocycles. The van der Waals surface area contributed by atoms with Crippen LogP contribution in [0.4, 0.5) is 10.2 Å². The van der Waals surface area contributed by atoms with Crippen LogP contribution in [-0.2, 0) is 0 Å². The standard InChI is InChI=1S/C19H20FIN6O2/c1-9-13-6-11(20)3-4-12(13)19(28)27(2)8-14(22)16(18(24)26-21)10-5-15(29-9)17(23)25-7-10/h3-7,9H,8,22H2,1-2H3,(H2,23,25)(H2,24,26)/t9-/m1/s1. The number of benzene rings is 1. The normalized spacial score (nSPS) is 17.9. The number of hydrogen-bond donors (Lipinski definition) is 3. The van der Waals surface area contributed by atoms with Crippen molar-refractivity contribution in [3.63, 3.8) is 0 Å². The van der Waals surface area contributed by atoms with Crippen LogP contribution in [0, 0.1) is 5.82 Å². The van der Waals surface area contributed by atoms with Crippen LogP contribution in [-0.4, -0.2) is 35.2 Å². The number of carbonyl (C=O) groups is 1. The van der Waals surface area contributed by atoms with Crippen molar-refractivity contribution in [3.8, 4) is 5.75 Å². The number of carbonyl (C=O) groups excluding carboxylic acids is 1. The number of likely N-dealkylation sites (N-methyl/N-ethyl adjacent to an activating group) is 1. The first kappa shape index (κ1) is 20.8. The number of nitrogen functional groups attached to an aromatic ring is 1. The number of nitrogens with zero attached hydrogens (tertiary/aromatic N) is 3. The number of pyridine rings is 1. The lowest BCUT2D eigenvalue weighted by Crippen LogP contribution is -2.33. The second kappa shape index (κ2) is 8.23. The average molecular weight is 510 g/mol. The van der Waals surface area contributed by atoms with Gasteiger partial charge in [-0.25, -0.2) is 9.37 Å². The Kier molecular flexibility index (Phi) is 5.91. The monoisotopic (exact) mass is 510 g/mol. The number of amidine groups is 1. The first-order valence-corrected chi connectivity index (χ1v) is 9.60. The molecule has 2 bridgehead atoms. The number of halogens is 2. The van der Waals surface area contributed by atoms with E-state index in [0.29, 0.717) is 28.0 Å². The molecule has 0 aliphatic carbocycles. The molecule has 0 spiro atoms. The lowest BCUT2D eigenvalue weighted by atomic mass is 10.00. The summed E-state index contributed by atoms with van der Waals surface area (Å²) < 4.78 is 23.9. The molecular weight excluding hydrogens is 490 g/mol. The van der Waals surface area contributed by atoms with Gasteiger partial charge in [-0.2, -0.15) is 3.21 Å². The molecule has 2 aromatic rings. The van der Waals surface area contributed by atoms with Crippen LogP contribution in [0.25, 0.3) is 5.57 Å². The van der Waals surface area contributed by atoms with Gasteiger partial charge in [0.2, 0.25) is 0 Å². The maximum absolute atomic E-state index is 13.9. The molecule has 152 valence electrons. The summed E-state index contributed by atoms with van der Waals surface area (Å²) in [4.78, 5) is 18.6. The smallest absolute Gasteiger partial charge is 0.254 e. The van der Waals surface area contributed by atoms with Gasteiger partial charge in [-0.05, 0) is 31.2 Å². The van der Waals surface area contributed by atoms with Gasteiger partial charge in [0.15, 0.2) is 11.6 Å². The maximum atomic E-state index is 13.9. The predicted octanol–water partition coefficient (Wildman–Crippen LogP) is 2.41. The third-order valence-electron chi connectivity index (χ3n) is 4.58. The highest BCUT2D eigenvalue weighted by atomic mass is 127. The van der Waals surface area contributed by atoms with Gasteiger partial charge in [0.25, 0.3) is 5.91 Å². The van der Waals surface area contributed by atoms with Gasteiger partial charge >= 0.3 is 0 Å². The zero-order valence-corrected chi connectivity index (χ0v) is 18.0. The molecular formula is C19H20FIN6O2. The molecule has 8 nitrogen and oxygen atoms in total. The van der Waals surface area contributed by atoms with Crippen molar-refractivity contribution in [3.05, 3.63) is 58.7 Å². The number of amides is 1. The Morgan fingerprint density at radius 3 is 2.79 bits per heavy atom. The molecule has 1 atom stereocenters. The quantitative estimate of drug-likeness (QED) is 0.307. The molecule has 2 heterocycles. The lowest BCUT2D eigenvalue weighted by molar-refractivity contribution is 0.0801. The van der Waals surface area contributed by atoms with Crippen LogP contribution < -0.4 is 21.9 Å². The van der Waals surface area contributed by atoms with Crippen LogP contribution in [0.3, 0.4) is 0 Å². The molecule has 1 aromatic carbocycles. The van der Waals surface area contributed by atoms with Crippen molar-refractivity contribution in [2.45, 2.75) is 13.0 Å². The van der Waals surface area contributed by atoms with Gasteiger partial charge in [0.05, 0.1) is 29.4 Å². The Morgan fingerprint density at radius 1 is 1.38 bits per heavy atom. The zero-order valence-electron chi connectivity index (χ0n) is 15.8. The van der Waals surface area contributed by atoms with E-state index >= 15 is 0 Å². The van der Waals surface area contributed by atoms with E-state index in [1.165, 1.54) is 29.3 Å². The SMILES string of the molecule is C[C@H]1Oc2cc(cnc2N)C(C(N)=NI)=C(N)CN(C)C(=O)c2ccc(F)cc21. The summed E-state index contributed by atoms with van der Waals surface area (Å²) in [6.45, 7) is 1.78. The minimum atomic E-state index is -0.669. The van der Waals surface area contributed by atoms with Crippen LogP contribution in [0.1, 0.15) is 34.5 Å². The Balaban J connectivity index is 2.27. The van der Waals surface area contributed by atoms with Crippen LogP contribution in [0.2, 0.25) is 0 Å².